The molecule has 0 amide bonds. The Morgan fingerprint density at radius 1 is 1.41 bits per heavy atom. The van der Waals surface area contributed by atoms with Gasteiger partial charge in [-0.2, -0.15) is 0 Å². The van der Waals surface area contributed by atoms with Crippen molar-refractivity contribution in [1.82, 2.24) is 4.90 Å². The smallest absolute Gasteiger partial charge is 0.140 e. The molecule has 1 aromatic carbocycles. The molecule has 0 spiro atoms. The van der Waals surface area contributed by atoms with E-state index in [1.807, 2.05) is 6.92 Å². The molecule has 0 aliphatic heterocycles. The first kappa shape index (κ1) is 13.4. The number of nitrogens with zero attached hydrogens (tertiary/aromatic N) is 2. The molecule has 1 aromatic rings. The Kier molecular flexibility index (Phi) is 5.42. The van der Waals surface area contributed by atoms with Gasteiger partial charge in [-0.05, 0) is 24.2 Å². The fourth-order valence-corrected chi connectivity index (χ4v) is 1.52. The molecule has 17 heavy (non-hydrogen) atoms. The Bertz CT molecular complexity index is 365. The molecule has 0 radical (unpaired) electrons. The molecule has 94 valence electrons. The fraction of sp³-hybridized carbons (Fsp3) is 0.417. The summed E-state index contributed by atoms with van der Waals surface area (Å²) in [4.78, 5) is 2.14. The summed E-state index contributed by atoms with van der Waals surface area (Å²) >= 11 is 0. The van der Waals surface area contributed by atoms with Crippen molar-refractivity contribution in [2.24, 2.45) is 10.9 Å². The lowest BCUT2D eigenvalue weighted by molar-refractivity contribution is 0.283. The molecule has 0 aliphatic carbocycles. The number of oxime groups is 1. The summed E-state index contributed by atoms with van der Waals surface area (Å²) in [7, 11) is 0. The Morgan fingerprint density at radius 2 is 2.06 bits per heavy atom. The van der Waals surface area contributed by atoms with E-state index in [4.69, 9.17) is 10.9 Å². The lowest BCUT2D eigenvalue weighted by atomic mass is 10.2. The van der Waals surface area contributed by atoms with Crippen molar-refractivity contribution in [3.05, 3.63) is 35.6 Å². The van der Waals surface area contributed by atoms with Crippen LogP contribution in [0, 0.1) is 5.82 Å². The SMILES string of the molecule is CCN(CC/C(N)=N/O)Cc1ccc(F)cc1. The van der Waals surface area contributed by atoms with E-state index < -0.39 is 0 Å². The molecule has 0 bridgehead atoms. The minimum Gasteiger partial charge on any atom is -0.409 e. The number of hydrogen-bond donors (Lipinski definition) is 2. The minimum absolute atomic E-state index is 0.225. The Hall–Kier alpha value is -1.62. The Balaban J connectivity index is 2.49. The molecular formula is C12H18FN3O. The topological polar surface area (TPSA) is 61.8 Å². The zero-order valence-corrected chi connectivity index (χ0v) is 9.93. The van der Waals surface area contributed by atoms with Crippen LogP contribution in [0.3, 0.4) is 0 Å². The Morgan fingerprint density at radius 3 is 2.59 bits per heavy atom. The number of amidine groups is 1. The van der Waals surface area contributed by atoms with Gasteiger partial charge in [0.2, 0.25) is 0 Å². The predicted molar refractivity (Wildman–Crippen MR) is 65.4 cm³/mol. The summed E-state index contributed by atoms with van der Waals surface area (Å²) in [5.41, 5.74) is 6.46. The van der Waals surface area contributed by atoms with Gasteiger partial charge in [-0.1, -0.05) is 24.2 Å². The molecule has 0 atom stereocenters. The van der Waals surface area contributed by atoms with E-state index in [1.165, 1.54) is 12.1 Å². The highest BCUT2D eigenvalue weighted by atomic mass is 19.1. The summed E-state index contributed by atoms with van der Waals surface area (Å²) in [5.74, 6) is -0.00369. The summed E-state index contributed by atoms with van der Waals surface area (Å²) < 4.78 is 12.7. The van der Waals surface area contributed by atoms with Crippen LogP contribution in [-0.2, 0) is 6.54 Å². The van der Waals surface area contributed by atoms with Gasteiger partial charge in [0, 0.05) is 19.5 Å². The maximum atomic E-state index is 12.7. The standard InChI is InChI=1S/C12H18FN3O/c1-2-16(8-7-12(14)15-17)9-10-3-5-11(13)6-4-10/h3-6,17H,2,7-9H2,1H3,(H2,14,15). The van der Waals surface area contributed by atoms with Gasteiger partial charge < -0.3 is 10.9 Å². The van der Waals surface area contributed by atoms with Gasteiger partial charge in [-0.25, -0.2) is 4.39 Å². The van der Waals surface area contributed by atoms with Crippen molar-refractivity contribution in [1.29, 1.82) is 0 Å². The maximum absolute atomic E-state index is 12.7. The highest BCUT2D eigenvalue weighted by Gasteiger charge is 2.05. The van der Waals surface area contributed by atoms with E-state index in [9.17, 15) is 4.39 Å². The van der Waals surface area contributed by atoms with Crippen LogP contribution in [0.4, 0.5) is 4.39 Å². The summed E-state index contributed by atoms with van der Waals surface area (Å²) in [6, 6.07) is 6.43. The first-order valence-electron chi connectivity index (χ1n) is 5.59. The van der Waals surface area contributed by atoms with E-state index in [2.05, 4.69) is 10.1 Å². The highest BCUT2D eigenvalue weighted by Crippen LogP contribution is 2.06. The lowest BCUT2D eigenvalue weighted by Gasteiger charge is -2.19. The second-order valence-electron chi connectivity index (χ2n) is 3.84. The van der Waals surface area contributed by atoms with Gasteiger partial charge in [-0.15, -0.1) is 0 Å². The third kappa shape index (κ3) is 4.82. The quantitative estimate of drug-likeness (QED) is 0.344. The minimum atomic E-state index is -0.228. The maximum Gasteiger partial charge on any atom is 0.140 e. The first-order valence-corrected chi connectivity index (χ1v) is 5.59. The second kappa shape index (κ2) is 6.85. The van der Waals surface area contributed by atoms with E-state index in [-0.39, 0.29) is 11.7 Å². The molecule has 4 nitrogen and oxygen atoms in total. The van der Waals surface area contributed by atoms with Gasteiger partial charge in [0.15, 0.2) is 0 Å². The third-order valence-corrected chi connectivity index (χ3v) is 2.58. The van der Waals surface area contributed by atoms with Gasteiger partial charge in [0.1, 0.15) is 11.7 Å². The predicted octanol–water partition coefficient (Wildman–Crippen LogP) is 1.78. The van der Waals surface area contributed by atoms with Crippen LogP contribution < -0.4 is 5.73 Å². The Labute approximate surface area is 101 Å². The van der Waals surface area contributed by atoms with Crippen molar-refractivity contribution >= 4 is 5.84 Å². The molecule has 0 aromatic heterocycles. The first-order chi connectivity index (χ1) is 8.15. The molecule has 0 saturated carbocycles. The second-order valence-corrected chi connectivity index (χ2v) is 3.84. The van der Waals surface area contributed by atoms with Crippen LogP contribution in [0.5, 0.6) is 0 Å². The molecular weight excluding hydrogens is 221 g/mol. The van der Waals surface area contributed by atoms with E-state index in [0.717, 1.165) is 18.7 Å². The molecule has 1 rings (SSSR count). The van der Waals surface area contributed by atoms with Crippen LogP contribution in [0.15, 0.2) is 29.4 Å². The summed E-state index contributed by atoms with van der Waals surface area (Å²) in [5, 5.41) is 11.4. The molecule has 5 heteroatoms. The van der Waals surface area contributed by atoms with Gasteiger partial charge in [0.05, 0.1) is 0 Å². The molecule has 0 fully saturated rings. The van der Waals surface area contributed by atoms with Crippen molar-refractivity contribution in [2.45, 2.75) is 19.9 Å². The fourth-order valence-electron chi connectivity index (χ4n) is 1.52. The lowest BCUT2D eigenvalue weighted by Crippen LogP contribution is -2.27. The average Bonchev–Trinajstić information content (AvgIpc) is 2.36. The monoisotopic (exact) mass is 239 g/mol. The average molecular weight is 239 g/mol. The van der Waals surface area contributed by atoms with Crippen LogP contribution in [0.25, 0.3) is 0 Å². The molecule has 0 aliphatic rings. The third-order valence-electron chi connectivity index (χ3n) is 2.58. The zero-order valence-electron chi connectivity index (χ0n) is 9.93. The van der Waals surface area contributed by atoms with Crippen LogP contribution in [0.1, 0.15) is 18.9 Å². The van der Waals surface area contributed by atoms with Gasteiger partial charge in [0.25, 0.3) is 0 Å². The van der Waals surface area contributed by atoms with E-state index in [0.29, 0.717) is 13.0 Å². The number of benzene rings is 1. The molecule has 0 saturated heterocycles. The van der Waals surface area contributed by atoms with E-state index in [1.54, 1.807) is 12.1 Å². The van der Waals surface area contributed by atoms with Crippen molar-refractivity contribution < 1.29 is 9.60 Å². The van der Waals surface area contributed by atoms with Crippen LogP contribution in [-0.4, -0.2) is 29.0 Å². The summed E-state index contributed by atoms with van der Waals surface area (Å²) in [6.45, 7) is 4.34. The number of nitrogens with two attached hydrogens (primary N) is 1. The van der Waals surface area contributed by atoms with Crippen molar-refractivity contribution in [2.75, 3.05) is 13.1 Å². The number of halogens is 1. The molecule has 0 unspecified atom stereocenters. The van der Waals surface area contributed by atoms with E-state index >= 15 is 0 Å². The molecule has 3 N–H and O–H groups in total. The normalized spacial score (nSPS) is 12.1. The van der Waals surface area contributed by atoms with Crippen LogP contribution >= 0.6 is 0 Å². The number of rotatable bonds is 6. The highest BCUT2D eigenvalue weighted by molar-refractivity contribution is 5.79. The van der Waals surface area contributed by atoms with Gasteiger partial charge >= 0.3 is 0 Å². The zero-order chi connectivity index (χ0) is 12.7. The van der Waals surface area contributed by atoms with Crippen molar-refractivity contribution in [3.63, 3.8) is 0 Å². The van der Waals surface area contributed by atoms with Crippen LogP contribution in [0.2, 0.25) is 0 Å². The molecule has 0 heterocycles. The van der Waals surface area contributed by atoms with Gasteiger partial charge in [-0.3, -0.25) is 4.90 Å². The van der Waals surface area contributed by atoms with Crippen molar-refractivity contribution in [3.8, 4) is 0 Å². The number of hydrogen-bond acceptors (Lipinski definition) is 3. The largest absolute Gasteiger partial charge is 0.409 e. The summed E-state index contributed by atoms with van der Waals surface area (Å²) in [6.07, 6.45) is 0.519.